The average Bonchev–Trinajstić information content (AvgIpc) is 2.85. The molecule has 0 fully saturated rings. The van der Waals surface area contributed by atoms with E-state index in [2.05, 4.69) is 13.8 Å². The molecule has 1 heteroatoms. The summed E-state index contributed by atoms with van der Waals surface area (Å²) in [6.07, 6.45) is 41.6. The molecule has 0 bridgehead atoms. The molecule has 0 aromatic rings. The summed E-state index contributed by atoms with van der Waals surface area (Å²) in [6, 6.07) is 0. The van der Waals surface area contributed by atoms with E-state index < -0.39 is 0 Å². The molecule has 0 aliphatic heterocycles. The van der Waals surface area contributed by atoms with Crippen molar-refractivity contribution in [2.45, 2.75) is 200 Å². The summed E-state index contributed by atoms with van der Waals surface area (Å²) < 4.78 is 5.82. The van der Waals surface area contributed by atoms with Gasteiger partial charge in [-0.25, -0.2) is 0 Å². The van der Waals surface area contributed by atoms with Crippen LogP contribution in [0.4, 0.5) is 0 Å². The van der Waals surface area contributed by atoms with E-state index in [1.165, 1.54) is 186 Å². The van der Waals surface area contributed by atoms with Gasteiger partial charge in [-0.05, 0) is 12.8 Å². The lowest BCUT2D eigenvalue weighted by molar-refractivity contribution is 0.125. The summed E-state index contributed by atoms with van der Waals surface area (Å²) >= 11 is 0. The molecular formula is C33H68O. The van der Waals surface area contributed by atoms with E-state index in [9.17, 15) is 0 Å². The molecule has 0 saturated heterocycles. The Hall–Kier alpha value is -0.0400. The third kappa shape index (κ3) is 32.0. The summed E-state index contributed by atoms with van der Waals surface area (Å²) in [6.45, 7) is 6.58. The molecule has 34 heavy (non-hydrogen) atoms. The lowest BCUT2D eigenvalue weighted by atomic mass is 10.0. The van der Waals surface area contributed by atoms with Crippen LogP contribution in [0.2, 0.25) is 0 Å². The third-order valence-electron chi connectivity index (χ3n) is 7.53. The number of hydrogen-bond acceptors (Lipinski definition) is 1. The second-order valence-electron chi connectivity index (χ2n) is 11.2. The van der Waals surface area contributed by atoms with Crippen LogP contribution < -0.4 is 0 Å². The summed E-state index contributed by atoms with van der Waals surface area (Å²) in [7, 11) is 0. The first-order valence-corrected chi connectivity index (χ1v) is 16.5. The van der Waals surface area contributed by atoms with E-state index in [1.54, 1.807) is 0 Å². The first-order valence-electron chi connectivity index (χ1n) is 16.5. The summed E-state index contributed by atoms with van der Waals surface area (Å²) in [4.78, 5) is 0. The Morgan fingerprint density at radius 2 is 0.412 bits per heavy atom. The predicted molar refractivity (Wildman–Crippen MR) is 156 cm³/mol. The third-order valence-corrected chi connectivity index (χ3v) is 7.53. The topological polar surface area (TPSA) is 9.23 Å². The van der Waals surface area contributed by atoms with Gasteiger partial charge in [0.15, 0.2) is 0 Å². The van der Waals surface area contributed by atoms with Gasteiger partial charge in [0.2, 0.25) is 0 Å². The van der Waals surface area contributed by atoms with Crippen LogP contribution in [-0.4, -0.2) is 13.2 Å². The van der Waals surface area contributed by atoms with E-state index in [4.69, 9.17) is 4.74 Å². The first-order chi connectivity index (χ1) is 16.9. The maximum atomic E-state index is 5.82. The molecular weight excluding hydrogens is 412 g/mol. The first kappa shape index (κ1) is 34.0. The highest BCUT2D eigenvalue weighted by Gasteiger charge is 1.96. The molecule has 0 rings (SSSR count). The van der Waals surface area contributed by atoms with Gasteiger partial charge in [-0.1, -0.05) is 187 Å². The molecule has 0 amide bonds. The monoisotopic (exact) mass is 481 g/mol. The zero-order valence-electron chi connectivity index (χ0n) is 24.3. The zero-order chi connectivity index (χ0) is 24.6. The molecule has 0 unspecified atom stereocenters. The number of rotatable bonds is 31. The molecule has 0 aliphatic carbocycles. The number of ether oxygens (including phenoxy) is 1. The van der Waals surface area contributed by atoms with Gasteiger partial charge >= 0.3 is 0 Å². The Morgan fingerprint density at radius 3 is 0.618 bits per heavy atom. The standard InChI is InChI=1S/C33H68O/c1-3-5-7-9-11-13-14-15-16-17-18-19-20-21-22-23-24-25-27-29-31-33-34-32-30-28-26-12-10-8-6-4-2/h3-33H2,1-2H3. The lowest BCUT2D eigenvalue weighted by Gasteiger charge is -2.05. The van der Waals surface area contributed by atoms with Crippen molar-refractivity contribution in [3.8, 4) is 0 Å². The Bertz CT molecular complexity index is 295. The minimum atomic E-state index is 0.994. The van der Waals surface area contributed by atoms with Gasteiger partial charge in [-0.3, -0.25) is 0 Å². The van der Waals surface area contributed by atoms with E-state index in [-0.39, 0.29) is 0 Å². The zero-order valence-corrected chi connectivity index (χ0v) is 24.3. The van der Waals surface area contributed by atoms with Gasteiger partial charge in [-0.2, -0.15) is 0 Å². The molecule has 0 atom stereocenters. The molecule has 206 valence electrons. The lowest BCUT2D eigenvalue weighted by Crippen LogP contribution is -1.97. The van der Waals surface area contributed by atoms with Crippen molar-refractivity contribution in [1.29, 1.82) is 0 Å². The largest absolute Gasteiger partial charge is 0.381 e. The van der Waals surface area contributed by atoms with Crippen molar-refractivity contribution in [1.82, 2.24) is 0 Å². The Labute approximate surface area is 218 Å². The maximum absolute atomic E-state index is 5.82. The van der Waals surface area contributed by atoms with Gasteiger partial charge in [0.05, 0.1) is 0 Å². The van der Waals surface area contributed by atoms with Crippen molar-refractivity contribution in [3.05, 3.63) is 0 Å². The van der Waals surface area contributed by atoms with Crippen molar-refractivity contribution < 1.29 is 4.74 Å². The highest BCUT2D eigenvalue weighted by molar-refractivity contribution is 4.51. The minimum absolute atomic E-state index is 0.994. The van der Waals surface area contributed by atoms with Crippen LogP contribution in [0.1, 0.15) is 200 Å². The Balaban J connectivity index is 2.99. The highest BCUT2D eigenvalue weighted by Crippen LogP contribution is 2.15. The maximum Gasteiger partial charge on any atom is 0.0466 e. The van der Waals surface area contributed by atoms with Gasteiger partial charge < -0.3 is 4.74 Å². The molecule has 0 aliphatic rings. The summed E-state index contributed by atoms with van der Waals surface area (Å²) in [5.74, 6) is 0. The van der Waals surface area contributed by atoms with Crippen molar-refractivity contribution >= 4 is 0 Å². The van der Waals surface area contributed by atoms with Gasteiger partial charge in [0, 0.05) is 13.2 Å². The van der Waals surface area contributed by atoms with E-state index in [0.29, 0.717) is 0 Å². The molecule has 0 spiro atoms. The van der Waals surface area contributed by atoms with Gasteiger partial charge in [0.1, 0.15) is 0 Å². The molecule has 0 aromatic heterocycles. The predicted octanol–water partition coefficient (Wildman–Crippen LogP) is 12.4. The van der Waals surface area contributed by atoms with E-state index in [0.717, 1.165) is 13.2 Å². The van der Waals surface area contributed by atoms with E-state index >= 15 is 0 Å². The fourth-order valence-corrected chi connectivity index (χ4v) is 5.08. The van der Waals surface area contributed by atoms with Crippen molar-refractivity contribution in [2.75, 3.05) is 13.2 Å². The van der Waals surface area contributed by atoms with Crippen LogP contribution in [-0.2, 0) is 4.74 Å². The second-order valence-corrected chi connectivity index (χ2v) is 11.2. The molecule has 1 nitrogen and oxygen atoms in total. The quantitative estimate of drug-likeness (QED) is 0.0896. The molecule has 0 radical (unpaired) electrons. The van der Waals surface area contributed by atoms with Crippen molar-refractivity contribution in [2.24, 2.45) is 0 Å². The molecule has 0 aromatic carbocycles. The van der Waals surface area contributed by atoms with Crippen LogP contribution in [0.15, 0.2) is 0 Å². The minimum Gasteiger partial charge on any atom is -0.381 e. The highest BCUT2D eigenvalue weighted by atomic mass is 16.5. The fraction of sp³-hybridized carbons (Fsp3) is 1.00. The van der Waals surface area contributed by atoms with Crippen LogP contribution in [0.5, 0.6) is 0 Å². The fourth-order valence-electron chi connectivity index (χ4n) is 5.08. The van der Waals surface area contributed by atoms with Crippen LogP contribution in [0, 0.1) is 0 Å². The second kappa shape index (κ2) is 33.0. The summed E-state index contributed by atoms with van der Waals surface area (Å²) in [5.41, 5.74) is 0. The van der Waals surface area contributed by atoms with Crippen LogP contribution >= 0.6 is 0 Å². The van der Waals surface area contributed by atoms with Gasteiger partial charge in [-0.15, -0.1) is 0 Å². The smallest absolute Gasteiger partial charge is 0.0466 e. The van der Waals surface area contributed by atoms with Crippen LogP contribution in [0.25, 0.3) is 0 Å². The average molecular weight is 481 g/mol. The molecule has 0 N–H and O–H groups in total. The SMILES string of the molecule is CCCCCCCCCCCCCCCCCCCCCCCOCCCCCCCCCC. The molecule has 0 heterocycles. The number of unbranched alkanes of at least 4 members (excludes halogenated alkanes) is 27. The Kier molecular flexibility index (Phi) is 32.9. The summed E-state index contributed by atoms with van der Waals surface area (Å²) in [5, 5.41) is 0. The van der Waals surface area contributed by atoms with Gasteiger partial charge in [0.25, 0.3) is 0 Å². The Morgan fingerprint density at radius 1 is 0.235 bits per heavy atom. The normalized spacial score (nSPS) is 11.5. The molecule has 0 saturated carbocycles. The van der Waals surface area contributed by atoms with E-state index in [1.807, 2.05) is 0 Å². The van der Waals surface area contributed by atoms with Crippen LogP contribution in [0.3, 0.4) is 0 Å². The van der Waals surface area contributed by atoms with Crippen molar-refractivity contribution in [3.63, 3.8) is 0 Å². The number of hydrogen-bond donors (Lipinski definition) is 0.